The largest absolute Gasteiger partial charge is 0.252 e. The van der Waals surface area contributed by atoms with E-state index in [1.807, 2.05) is 36.4 Å². The van der Waals surface area contributed by atoms with Crippen molar-refractivity contribution in [3.8, 4) is 0 Å². The fourth-order valence-electron chi connectivity index (χ4n) is 1.91. The molecule has 3 rings (SSSR count). The second-order valence-electron chi connectivity index (χ2n) is 4.16. The monoisotopic (exact) mass is 289 g/mol. The van der Waals surface area contributed by atoms with E-state index < -0.39 is 0 Å². The molecule has 94 valence electrons. The molecule has 3 aromatic rings. The molecule has 2 heterocycles. The van der Waals surface area contributed by atoms with E-state index in [4.69, 9.17) is 23.2 Å². The van der Waals surface area contributed by atoms with E-state index >= 15 is 0 Å². The lowest BCUT2D eigenvalue weighted by atomic mass is 10.1. The predicted octanol–water partition coefficient (Wildman–Crippen LogP) is 3.92. The van der Waals surface area contributed by atoms with Gasteiger partial charge in [-0.2, -0.15) is 0 Å². The summed E-state index contributed by atoms with van der Waals surface area (Å²) >= 11 is 11.8. The second-order valence-corrected chi connectivity index (χ2v) is 4.90. The van der Waals surface area contributed by atoms with Crippen LogP contribution in [0.25, 0.3) is 10.9 Å². The Labute approximate surface area is 120 Å². The molecule has 0 saturated heterocycles. The molecule has 0 amide bonds. The highest BCUT2D eigenvalue weighted by Gasteiger charge is 2.07. The fourth-order valence-corrected chi connectivity index (χ4v) is 2.24. The topological polar surface area (TPSA) is 38.7 Å². The Bertz CT molecular complexity index is 744. The summed E-state index contributed by atoms with van der Waals surface area (Å²) in [7, 11) is 0. The third kappa shape index (κ3) is 2.67. The van der Waals surface area contributed by atoms with Crippen LogP contribution < -0.4 is 0 Å². The Morgan fingerprint density at radius 1 is 0.947 bits per heavy atom. The van der Waals surface area contributed by atoms with Gasteiger partial charge >= 0.3 is 0 Å². The quantitative estimate of drug-likeness (QED) is 0.718. The van der Waals surface area contributed by atoms with Crippen molar-refractivity contribution in [2.75, 3.05) is 0 Å². The van der Waals surface area contributed by atoms with Crippen molar-refractivity contribution < 1.29 is 0 Å². The van der Waals surface area contributed by atoms with Gasteiger partial charge in [-0.3, -0.25) is 4.98 Å². The Morgan fingerprint density at radius 2 is 1.79 bits per heavy atom. The van der Waals surface area contributed by atoms with Gasteiger partial charge in [0.1, 0.15) is 0 Å². The SMILES string of the molecule is Clc1cc(Cc2ccc3ccccc3n2)c(Cl)nn1. The third-order valence-corrected chi connectivity index (χ3v) is 3.32. The average Bonchev–Trinajstić information content (AvgIpc) is 2.43. The van der Waals surface area contributed by atoms with E-state index in [2.05, 4.69) is 15.2 Å². The van der Waals surface area contributed by atoms with Crippen LogP contribution in [-0.4, -0.2) is 15.2 Å². The third-order valence-electron chi connectivity index (χ3n) is 2.82. The number of rotatable bonds is 2. The number of benzene rings is 1. The predicted molar refractivity (Wildman–Crippen MR) is 76.6 cm³/mol. The van der Waals surface area contributed by atoms with Gasteiger partial charge in [-0.05, 0) is 18.2 Å². The lowest BCUT2D eigenvalue weighted by Crippen LogP contribution is -1.96. The van der Waals surface area contributed by atoms with Crippen molar-refractivity contribution in [3.63, 3.8) is 0 Å². The van der Waals surface area contributed by atoms with Crippen LogP contribution >= 0.6 is 23.2 Å². The molecule has 3 nitrogen and oxygen atoms in total. The number of halogens is 2. The number of hydrogen-bond donors (Lipinski definition) is 0. The summed E-state index contributed by atoms with van der Waals surface area (Å²) in [5.41, 5.74) is 2.71. The first-order chi connectivity index (χ1) is 9.22. The van der Waals surface area contributed by atoms with Gasteiger partial charge in [0.2, 0.25) is 0 Å². The Balaban J connectivity index is 1.98. The molecule has 0 atom stereocenters. The molecule has 0 radical (unpaired) electrons. The first-order valence-electron chi connectivity index (χ1n) is 5.74. The maximum absolute atomic E-state index is 6.00. The molecule has 19 heavy (non-hydrogen) atoms. The summed E-state index contributed by atoms with van der Waals surface area (Å²) in [5.74, 6) is 0. The normalized spacial score (nSPS) is 10.8. The van der Waals surface area contributed by atoms with E-state index in [-0.39, 0.29) is 0 Å². The van der Waals surface area contributed by atoms with Crippen LogP contribution in [0.5, 0.6) is 0 Å². The molecule has 0 saturated carbocycles. The number of pyridine rings is 1. The molecule has 0 unspecified atom stereocenters. The van der Waals surface area contributed by atoms with Crippen molar-refractivity contribution in [2.45, 2.75) is 6.42 Å². The van der Waals surface area contributed by atoms with Crippen LogP contribution in [0.1, 0.15) is 11.3 Å². The van der Waals surface area contributed by atoms with Crippen LogP contribution in [0.3, 0.4) is 0 Å². The lowest BCUT2D eigenvalue weighted by molar-refractivity contribution is 0.983. The van der Waals surface area contributed by atoms with Gasteiger partial charge in [-0.25, -0.2) is 0 Å². The highest BCUT2D eigenvalue weighted by molar-refractivity contribution is 6.31. The van der Waals surface area contributed by atoms with Crippen LogP contribution in [-0.2, 0) is 6.42 Å². The number of para-hydroxylation sites is 1. The molecule has 0 N–H and O–H groups in total. The second kappa shape index (κ2) is 5.11. The van der Waals surface area contributed by atoms with Crippen molar-refractivity contribution in [1.29, 1.82) is 0 Å². The minimum Gasteiger partial charge on any atom is -0.252 e. The first kappa shape index (κ1) is 12.3. The standard InChI is InChI=1S/C14H9Cl2N3/c15-13-8-10(14(16)19-18-13)7-11-6-5-9-3-1-2-4-12(9)17-11/h1-6,8H,7H2. The fraction of sp³-hybridized carbons (Fsp3) is 0.0714. The molecule has 5 heteroatoms. The Kier molecular flexibility index (Phi) is 3.32. The molecule has 0 spiro atoms. The minimum absolute atomic E-state index is 0.334. The summed E-state index contributed by atoms with van der Waals surface area (Å²) in [6, 6.07) is 13.7. The molecular formula is C14H9Cl2N3. The van der Waals surface area contributed by atoms with Crippen LogP contribution in [0.2, 0.25) is 10.3 Å². The summed E-state index contributed by atoms with van der Waals surface area (Å²) in [6.07, 6.45) is 0.582. The van der Waals surface area contributed by atoms with E-state index in [0.29, 0.717) is 16.7 Å². The maximum Gasteiger partial charge on any atom is 0.155 e. The number of nitrogens with zero attached hydrogens (tertiary/aromatic N) is 3. The zero-order chi connectivity index (χ0) is 13.2. The minimum atomic E-state index is 0.334. The van der Waals surface area contributed by atoms with E-state index in [9.17, 15) is 0 Å². The molecule has 0 fully saturated rings. The summed E-state index contributed by atoms with van der Waals surface area (Å²) in [4.78, 5) is 4.59. The maximum atomic E-state index is 6.00. The van der Waals surface area contributed by atoms with Crippen molar-refractivity contribution in [3.05, 3.63) is 64.0 Å². The number of hydrogen-bond acceptors (Lipinski definition) is 3. The van der Waals surface area contributed by atoms with Gasteiger partial charge in [0.25, 0.3) is 0 Å². The summed E-state index contributed by atoms with van der Waals surface area (Å²) in [6.45, 7) is 0. The number of fused-ring (bicyclic) bond motifs is 1. The van der Waals surface area contributed by atoms with Crippen molar-refractivity contribution in [1.82, 2.24) is 15.2 Å². The zero-order valence-electron chi connectivity index (χ0n) is 9.85. The van der Waals surface area contributed by atoms with Gasteiger partial charge in [-0.15, -0.1) is 10.2 Å². The van der Waals surface area contributed by atoms with Gasteiger partial charge < -0.3 is 0 Å². The molecule has 0 aliphatic heterocycles. The summed E-state index contributed by atoms with van der Waals surface area (Å²) in [5, 5.41) is 9.29. The first-order valence-corrected chi connectivity index (χ1v) is 6.50. The van der Waals surface area contributed by atoms with Crippen LogP contribution in [0, 0.1) is 0 Å². The molecular weight excluding hydrogens is 281 g/mol. The molecule has 0 aliphatic rings. The molecule has 2 aromatic heterocycles. The molecule has 1 aromatic carbocycles. The van der Waals surface area contributed by atoms with Gasteiger partial charge in [0.15, 0.2) is 10.3 Å². The van der Waals surface area contributed by atoms with Crippen LogP contribution in [0.4, 0.5) is 0 Å². The number of aromatic nitrogens is 3. The van der Waals surface area contributed by atoms with Gasteiger partial charge in [0.05, 0.1) is 5.52 Å². The highest BCUT2D eigenvalue weighted by Crippen LogP contribution is 2.20. The van der Waals surface area contributed by atoms with E-state index in [1.54, 1.807) is 6.07 Å². The van der Waals surface area contributed by atoms with E-state index in [0.717, 1.165) is 22.2 Å². The zero-order valence-corrected chi connectivity index (χ0v) is 11.4. The van der Waals surface area contributed by atoms with E-state index in [1.165, 1.54) is 0 Å². The lowest BCUT2D eigenvalue weighted by Gasteiger charge is -2.04. The van der Waals surface area contributed by atoms with Crippen LogP contribution in [0.15, 0.2) is 42.5 Å². The van der Waals surface area contributed by atoms with Crippen molar-refractivity contribution >= 4 is 34.1 Å². The van der Waals surface area contributed by atoms with Gasteiger partial charge in [-0.1, -0.05) is 47.5 Å². The molecule has 0 bridgehead atoms. The molecule has 0 aliphatic carbocycles. The smallest absolute Gasteiger partial charge is 0.155 e. The Hall–Kier alpha value is -1.71. The van der Waals surface area contributed by atoms with Gasteiger partial charge in [0, 0.05) is 23.1 Å². The van der Waals surface area contributed by atoms with Crippen molar-refractivity contribution in [2.24, 2.45) is 0 Å². The highest BCUT2D eigenvalue weighted by atomic mass is 35.5. The average molecular weight is 290 g/mol. The summed E-state index contributed by atoms with van der Waals surface area (Å²) < 4.78 is 0. The Morgan fingerprint density at radius 3 is 2.68 bits per heavy atom.